The van der Waals surface area contributed by atoms with Gasteiger partial charge >= 0.3 is 6.18 Å². The predicted octanol–water partition coefficient (Wildman–Crippen LogP) is 4.10. The third-order valence-corrected chi connectivity index (χ3v) is 3.78. The Morgan fingerprint density at radius 1 is 1.35 bits per heavy atom. The molecule has 0 aromatic heterocycles. The van der Waals surface area contributed by atoms with Gasteiger partial charge in [0.2, 0.25) is 0 Å². The minimum atomic E-state index is -4.12. The fraction of sp³-hybridized carbons (Fsp3) is 0.571. The molecule has 0 aliphatic carbocycles. The molecule has 1 atom stereocenters. The van der Waals surface area contributed by atoms with Gasteiger partial charge < -0.3 is 4.74 Å². The van der Waals surface area contributed by atoms with Crippen LogP contribution in [-0.4, -0.2) is 37.3 Å². The van der Waals surface area contributed by atoms with Gasteiger partial charge in [0.05, 0.1) is 13.2 Å². The number of piperidine rings is 1. The second-order valence-corrected chi connectivity index (χ2v) is 6.04. The molecule has 0 unspecified atom stereocenters. The molecule has 0 amide bonds. The number of ether oxygens (including phenoxy) is 1. The first-order chi connectivity index (χ1) is 9.42. The van der Waals surface area contributed by atoms with Crippen LogP contribution in [0.15, 0.2) is 28.7 Å². The van der Waals surface area contributed by atoms with E-state index in [2.05, 4.69) is 15.9 Å². The number of nitrogens with zero attached hydrogens (tertiary/aromatic N) is 1. The van der Waals surface area contributed by atoms with Gasteiger partial charge in [-0.15, -0.1) is 0 Å². The van der Waals surface area contributed by atoms with Crippen LogP contribution in [0.25, 0.3) is 0 Å². The van der Waals surface area contributed by atoms with Crippen LogP contribution in [0.2, 0.25) is 0 Å². The Morgan fingerprint density at radius 2 is 2.15 bits per heavy atom. The highest BCUT2D eigenvalue weighted by Crippen LogP contribution is 2.24. The number of likely N-dealkylation sites (tertiary alicyclic amines) is 1. The molecule has 0 bridgehead atoms. The van der Waals surface area contributed by atoms with E-state index >= 15 is 0 Å². The highest BCUT2D eigenvalue weighted by molar-refractivity contribution is 9.10. The highest BCUT2D eigenvalue weighted by Gasteiger charge is 2.33. The van der Waals surface area contributed by atoms with Crippen molar-refractivity contribution in [2.75, 3.05) is 26.2 Å². The van der Waals surface area contributed by atoms with Crippen molar-refractivity contribution in [1.82, 2.24) is 4.90 Å². The maximum absolute atomic E-state index is 12.4. The fourth-order valence-electron chi connectivity index (χ4n) is 2.46. The van der Waals surface area contributed by atoms with Gasteiger partial charge in [0.15, 0.2) is 0 Å². The summed E-state index contributed by atoms with van der Waals surface area (Å²) in [6.45, 7) is 0.617. The standard InChI is InChI=1S/C14H17BrF3NO/c15-12-4-1-5-13(7-12)20-9-11-3-2-6-19(8-11)10-14(16,17)18/h1,4-5,7,11H,2-3,6,8-10H2/t11-/m1/s1. The van der Waals surface area contributed by atoms with E-state index in [0.717, 1.165) is 23.1 Å². The summed E-state index contributed by atoms with van der Waals surface area (Å²) in [6.07, 6.45) is -2.40. The van der Waals surface area contributed by atoms with Crippen LogP contribution in [-0.2, 0) is 0 Å². The van der Waals surface area contributed by atoms with E-state index in [-0.39, 0.29) is 5.92 Å². The van der Waals surface area contributed by atoms with Crippen molar-refractivity contribution in [3.63, 3.8) is 0 Å². The van der Waals surface area contributed by atoms with Gasteiger partial charge in [0, 0.05) is 16.9 Å². The molecule has 6 heteroatoms. The average Bonchev–Trinajstić information content (AvgIpc) is 2.35. The van der Waals surface area contributed by atoms with E-state index in [4.69, 9.17) is 4.74 Å². The summed E-state index contributed by atoms with van der Waals surface area (Å²) in [5, 5.41) is 0. The third-order valence-electron chi connectivity index (χ3n) is 3.29. The molecule has 112 valence electrons. The summed E-state index contributed by atoms with van der Waals surface area (Å²) in [4.78, 5) is 1.47. The van der Waals surface area contributed by atoms with E-state index in [1.165, 1.54) is 4.90 Å². The quantitative estimate of drug-likeness (QED) is 0.809. The number of hydrogen-bond donors (Lipinski definition) is 0. The normalized spacial score (nSPS) is 20.9. The molecule has 0 spiro atoms. The molecule has 0 radical (unpaired) electrons. The molecule has 1 saturated heterocycles. The summed E-state index contributed by atoms with van der Waals surface area (Å²) in [5.41, 5.74) is 0. The predicted molar refractivity (Wildman–Crippen MR) is 74.9 cm³/mol. The number of halogens is 4. The van der Waals surface area contributed by atoms with Gasteiger partial charge in [-0.05, 0) is 37.6 Å². The maximum atomic E-state index is 12.4. The fourth-order valence-corrected chi connectivity index (χ4v) is 2.83. The SMILES string of the molecule is FC(F)(F)CN1CCC[C@@H](COc2cccc(Br)c2)C1. The van der Waals surface area contributed by atoms with Gasteiger partial charge in [-0.2, -0.15) is 13.2 Å². The summed E-state index contributed by atoms with van der Waals surface area (Å²) in [5.74, 6) is 0.900. The maximum Gasteiger partial charge on any atom is 0.401 e. The molecule has 1 aromatic carbocycles. The van der Waals surface area contributed by atoms with Crippen LogP contribution in [0.3, 0.4) is 0 Å². The lowest BCUT2D eigenvalue weighted by Gasteiger charge is -2.32. The zero-order chi connectivity index (χ0) is 14.6. The smallest absolute Gasteiger partial charge is 0.401 e. The van der Waals surface area contributed by atoms with Crippen LogP contribution in [0.4, 0.5) is 13.2 Å². The molecule has 2 nitrogen and oxygen atoms in total. The largest absolute Gasteiger partial charge is 0.493 e. The lowest BCUT2D eigenvalue weighted by molar-refractivity contribution is -0.149. The van der Waals surface area contributed by atoms with E-state index in [1.54, 1.807) is 0 Å². The molecule has 2 rings (SSSR count). The molecular formula is C14H17BrF3NO. The minimum Gasteiger partial charge on any atom is -0.493 e. The monoisotopic (exact) mass is 351 g/mol. The third kappa shape index (κ3) is 5.32. The number of rotatable bonds is 4. The highest BCUT2D eigenvalue weighted by atomic mass is 79.9. The Morgan fingerprint density at radius 3 is 2.85 bits per heavy atom. The van der Waals surface area contributed by atoms with E-state index in [0.29, 0.717) is 19.7 Å². The number of hydrogen-bond acceptors (Lipinski definition) is 2. The Kier molecular flexibility index (Phi) is 5.32. The summed E-state index contributed by atoms with van der Waals surface area (Å²) in [6, 6.07) is 7.48. The van der Waals surface area contributed by atoms with Gasteiger partial charge in [-0.3, -0.25) is 4.90 Å². The summed E-state index contributed by atoms with van der Waals surface area (Å²) < 4.78 is 43.7. The molecule has 1 aliphatic rings. The van der Waals surface area contributed by atoms with Crippen molar-refractivity contribution in [2.45, 2.75) is 19.0 Å². The van der Waals surface area contributed by atoms with Crippen molar-refractivity contribution in [2.24, 2.45) is 5.92 Å². The van der Waals surface area contributed by atoms with Crippen molar-refractivity contribution in [3.05, 3.63) is 28.7 Å². The zero-order valence-corrected chi connectivity index (χ0v) is 12.6. The summed E-state index contributed by atoms with van der Waals surface area (Å²) in [7, 11) is 0. The molecular weight excluding hydrogens is 335 g/mol. The molecule has 20 heavy (non-hydrogen) atoms. The van der Waals surface area contributed by atoms with Crippen molar-refractivity contribution >= 4 is 15.9 Å². The van der Waals surface area contributed by atoms with Crippen LogP contribution in [0.1, 0.15) is 12.8 Å². The lowest BCUT2D eigenvalue weighted by atomic mass is 9.99. The Labute approximate surface area is 125 Å². The Balaban J connectivity index is 1.81. The first kappa shape index (κ1) is 15.6. The molecule has 0 N–H and O–H groups in total. The second kappa shape index (κ2) is 6.80. The lowest BCUT2D eigenvalue weighted by Crippen LogP contribution is -2.42. The Bertz CT molecular complexity index is 439. The van der Waals surface area contributed by atoms with Crippen molar-refractivity contribution < 1.29 is 17.9 Å². The molecule has 1 fully saturated rings. The van der Waals surface area contributed by atoms with Gasteiger partial charge in [0.25, 0.3) is 0 Å². The number of benzene rings is 1. The van der Waals surface area contributed by atoms with Gasteiger partial charge in [-0.25, -0.2) is 0 Å². The van der Waals surface area contributed by atoms with Crippen LogP contribution in [0.5, 0.6) is 5.75 Å². The van der Waals surface area contributed by atoms with Gasteiger partial charge in [-0.1, -0.05) is 22.0 Å². The molecule has 1 heterocycles. The van der Waals surface area contributed by atoms with Crippen LogP contribution < -0.4 is 4.74 Å². The van der Waals surface area contributed by atoms with Crippen molar-refractivity contribution in [3.8, 4) is 5.75 Å². The minimum absolute atomic E-state index is 0.157. The first-order valence-electron chi connectivity index (χ1n) is 6.60. The van der Waals surface area contributed by atoms with E-state index in [1.807, 2.05) is 24.3 Å². The molecule has 1 aliphatic heterocycles. The van der Waals surface area contributed by atoms with Crippen LogP contribution in [0, 0.1) is 5.92 Å². The molecule has 1 aromatic rings. The number of alkyl halides is 3. The van der Waals surface area contributed by atoms with E-state index in [9.17, 15) is 13.2 Å². The second-order valence-electron chi connectivity index (χ2n) is 5.13. The zero-order valence-electron chi connectivity index (χ0n) is 11.0. The van der Waals surface area contributed by atoms with E-state index < -0.39 is 12.7 Å². The van der Waals surface area contributed by atoms with Gasteiger partial charge in [0.1, 0.15) is 5.75 Å². The van der Waals surface area contributed by atoms with Crippen molar-refractivity contribution in [1.29, 1.82) is 0 Å². The first-order valence-corrected chi connectivity index (χ1v) is 7.39. The Hall–Kier alpha value is -0.750. The average molecular weight is 352 g/mol. The van der Waals surface area contributed by atoms with Crippen LogP contribution >= 0.6 is 15.9 Å². The topological polar surface area (TPSA) is 12.5 Å². The molecule has 0 saturated carbocycles. The summed E-state index contributed by atoms with van der Waals surface area (Å²) >= 11 is 3.36.